The number of aromatic nitrogens is 3. The van der Waals surface area contributed by atoms with E-state index in [1.807, 2.05) is 19.4 Å². The average molecular weight is 268 g/mol. The van der Waals surface area contributed by atoms with E-state index in [1.54, 1.807) is 0 Å². The lowest BCUT2D eigenvalue weighted by Crippen LogP contribution is -2.11. The predicted molar refractivity (Wildman–Crippen MR) is 81.6 cm³/mol. The van der Waals surface area contributed by atoms with Crippen molar-refractivity contribution in [3.8, 4) is 0 Å². The van der Waals surface area contributed by atoms with Crippen LogP contribution in [0.2, 0.25) is 0 Å². The Hall–Kier alpha value is -2.07. The van der Waals surface area contributed by atoms with E-state index in [0.717, 1.165) is 25.5 Å². The zero-order valence-corrected chi connectivity index (χ0v) is 12.0. The third kappa shape index (κ3) is 2.47. The SMILES string of the molecule is CCNCc1ccc2c(ccn2Cc2nccn2C)c1. The number of aryl methyl sites for hydroxylation is 1. The standard InChI is InChI=1S/C16H20N4/c1-3-17-11-13-4-5-15-14(10-13)6-8-20(15)12-16-18-7-9-19(16)2/h4-10,17H,3,11-12H2,1-2H3. The Labute approximate surface area is 119 Å². The third-order valence-corrected chi connectivity index (χ3v) is 3.65. The maximum absolute atomic E-state index is 4.39. The molecular formula is C16H20N4. The van der Waals surface area contributed by atoms with E-state index in [2.05, 4.69) is 56.8 Å². The first kappa shape index (κ1) is 12.9. The molecule has 4 nitrogen and oxygen atoms in total. The largest absolute Gasteiger partial charge is 0.340 e. The molecule has 3 rings (SSSR count). The maximum Gasteiger partial charge on any atom is 0.128 e. The van der Waals surface area contributed by atoms with Crippen LogP contribution >= 0.6 is 0 Å². The van der Waals surface area contributed by atoms with Crippen LogP contribution in [0.15, 0.2) is 42.9 Å². The van der Waals surface area contributed by atoms with Crippen LogP contribution in [0, 0.1) is 0 Å². The second kappa shape index (κ2) is 5.51. The van der Waals surface area contributed by atoms with Crippen LogP contribution in [-0.4, -0.2) is 20.7 Å². The molecular weight excluding hydrogens is 248 g/mol. The first-order chi connectivity index (χ1) is 9.78. The van der Waals surface area contributed by atoms with E-state index in [-0.39, 0.29) is 0 Å². The summed E-state index contributed by atoms with van der Waals surface area (Å²) in [7, 11) is 2.03. The van der Waals surface area contributed by atoms with Crippen LogP contribution in [0.25, 0.3) is 10.9 Å². The van der Waals surface area contributed by atoms with Gasteiger partial charge in [-0.15, -0.1) is 0 Å². The zero-order chi connectivity index (χ0) is 13.9. The Bertz CT molecular complexity index is 708. The van der Waals surface area contributed by atoms with E-state index in [0.29, 0.717) is 0 Å². The summed E-state index contributed by atoms with van der Waals surface area (Å²) in [5, 5.41) is 4.65. The van der Waals surface area contributed by atoms with Gasteiger partial charge in [0.2, 0.25) is 0 Å². The van der Waals surface area contributed by atoms with Gasteiger partial charge in [0.1, 0.15) is 5.82 Å². The molecule has 0 atom stereocenters. The Balaban J connectivity index is 1.88. The van der Waals surface area contributed by atoms with Gasteiger partial charge < -0.3 is 14.5 Å². The van der Waals surface area contributed by atoms with Gasteiger partial charge >= 0.3 is 0 Å². The van der Waals surface area contributed by atoms with E-state index < -0.39 is 0 Å². The van der Waals surface area contributed by atoms with Crippen molar-refractivity contribution in [3.63, 3.8) is 0 Å². The van der Waals surface area contributed by atoms with Crippen LogP contribution in [0.3, 0.4) is 0 Å². The number of fused-ring (bicyclic) bond motifs is 1. The number of imidazole rings is 1. The lowest BCUT2D eigenvalue weighted by atomic mass is 10.1. The highest BCUT2D eigenvalue weighted by atomic mass is 15.1. The topological polar surface area (TPSA) is 34.8 Å². The summed E-state index contributed by atoms with van der Waals surface area (Å²) in [6.07, 6.45) is 5.96. The molecule has 4 heteroatoms. The minimum atomic E-state index is 0.805. The molecule has 3 aromatic rings. The minimum absolute atomic E-state index is 0.805. The summed E-state index contributed by atoms with van der Waals surface area (Å²) in [4.78, 5) is 4.39. The maximum atomic E-state index is 4.39. The second-order valence-electron chi connectivity index (χ2n) is 5.07. The van der Waals surface area contributed by atoms with Crippen LogP contribution < -0.4 is 5.32 Å². The monoisotopic (exact) mass is 268 g/mol. The number of hydrogen-bond donors (Lipinski definition) is 1. The predicted octanol–water partition coefficient (Wildman–Crippen LogP) is 2.53. The first-order valence-electron chi connectivity index (χ1n) is 7.02. The molecule has 0 saturated heterocycles. The van der Waals surface area contributed by atoms with E-state index >= 15 is 0 Å². The zero-order valence-electron chi connectivity index (χ0n) is 12.0. The van der Waals surface area contributed by atoms with Crippen molar-refractivity contribution in [2.24, 2.45) is 7.05 Å². The lowest BCUT2D eigenvalue weighted by molar-refractivity contribution is 0.717. The van der Waals surface area contributed by atoms with Crippen molar-refractivity contribution in [2.45, 2.75) is 20.0 Å². The van der Waals surface area contributed by atoms with Gasteiger partial charge in [0, 0.05) is 37.7 Å². The van der Waals surface area contributed by atoms with Gasteiger partial charge in [-0.1, -0.05) is 13.0 Å². The number of nitrogens with one attached hydrogen (secondary N) is 1. The summed E-state index contributed by atoms with van der Waals surface area (Å²) >= 11 is 0. The molecule has 0 aliphatic carbocycles. The number of nitrogens with zero attached hydrogens (tertiary/aromatic N) is 3. The molecule has 0 aliphatic heterocycles. The average Bonchev–Trinajstić information content (AvgIpc) is 3.04. The van der Waals surface area contributed by atoms with Gasteiger partial charge in [-0.3, -0.25) is 0 Å². The van der Waals surface area contributed by atoms with Gasteiger partial charge in [-0.05, 0) is 35.7 Å². The Morgan fingerprint density at radius 2 is 2.10 bits per heavy atom. The Morgan fingerprint density at radius 1 is 1.20 bits per heavy atom. The molecule has 1 aromatic carbocycles. The summed E-state index contributed by atoms with van der Waals surface area (Å²) in [5.74, 6) is 1.07. The molecule has 0 spiro atoms. The van der Waals surface area contributed by atoms with Gasteiger partial charge in [-0.2, -0.15) is 0 Å². The van der Waals surface area contributed by atoms with E-state index in [4.69, 9.17) is 0 Å². The molecule has 2 heterocycles. The highest BCUT2D eigenvalue weighted by Crippen LogP contribution is 2.18. The number of benzene rings is 1. The fourth-order valence-electron chi connectivity index (χ4n) is 2.47. The van der Waals surface area contributed by atoms with Crippen molar-refractivity contribution < 1.29 is 0 Å². The molecule has 0 radical (unpaired) electrons. The minimum Gasteiger partial charge on any atom is -0.340 e. The highest BCUT2D eigenvalue weighted by Gasteiger charge is 2.05. The Kier molecular flexibility index (Phi) is 3.56. The summed E-state index contributed by atoms with van der Waals surface area (Å²) < 4.78 is 4.31. The van der Waals surface area contributed by atoms with Gasteiger partial charge in [0.05, 0.1) is 6.54 Å². The van der Waals surface area contributed by atoms with Crippen molar-refractivity contribution in [2.75, 3.05) is 6.54 Å². The molecule has 0 aliphatic rings. The fraction of sp³-hybridized carbons (Fsp3) is 0.312. The van der Waals surface area contributed by atoms with Crippen molar-refractivity contribution >= 4 is 10.9 Å². The van der Waals surface area contributed by atoms with Crippen molar-refractivity contribution in [1.29, 1.82) is 0 Å². The quantitative estimate of drug-likeness (QED) is 0.771. The van der Waals surface area contributed by atoms with Gasteiger partial charge in [0.25, 0.3) is 0 Å². The molecule has 104 valence electrons. The second-order valence-corrected chi connectivity index (χ2v) is 5.07. The molecule has 0 amide bonds. The van der Waals surface area contributed by atoms with Crippen molar-refractivity contribution in [1.82, 2.24) is 19.4 Å². The van der Waals surface area contributed by atoms with Crippen LogP contribution in [0.4, 0.5) is 0 Å². The van der Waals surface area contributed by atoms with Gasteiger partial charge in [-0.25, -0.2) is 4.98 Å². The normalized spacial score (nSPS) is 11.3. The molecule has 2 aromatic heterocycles. The highest BCUT2D eigenvalue weighted by molar-refractivity contribution is 5.80. The van der Waals surface area contributed by atoms with E-state index in [9.17, 15) is 0 Å². The smallest absolute Gasteiger partial charge is 0.128 e. The Morgan fingerprint density at radius 3 is 2.85 bits per heavy atom. The van der Waals surface area contributed by atoms with Crippen molar-refractivity contribution in [3.05, 3.63) is 54.2 Å². The van der Waals surface area contributed by atoms with Crippen LogP contribution in [-0.2, 0) is 20.1 Å². The molecule has 0 saturated carbocycles. The number of hydrogen-bond acceptors (Lipinski definition) is 2. The van der Waals surface area contributed by atoms with E-state index in [1.165, 1.54) is 16.5 Å². The summed E-state index contributed by atoms with van der Waals surface area (Å²) in [6, 6.07) is 8.82. The summed E-state index contributed by atoms with van der Waals surface area (Å²) in [6.45, 7) is 4.86. The molecule has 0 fully saturated rings. The fourth-order valence-corrected chi connectivity index (χ4v) is 2.47. The number of rotatable bonds is 5. The summed E-state index contributed by atoms with van der Waals surface area (Å²) in [5.41, 5.74) is 2.59. The molecule has 0 unspecified atom stereocenters. The lowest BCUT2D eigenvalue weighted by Gasteiger charge is -2.07. The van der Waals surface area contributed by atoms with Crippen LogP contribution in [0.1, 0.15) is 18.3 Å². The van der Waals surface area contributed by atoms with Crippen LogP contribution in [0.5, 0.6) is 0 Å². The first-order valence-corrected chi connectivity index (χ1v) is 7.02. The molecule has 1 N–H and O–H groups in total. The third-order valence-electron chi connectivity index (χ3n) is 3.65. The molecule has 0 bridgehead atoms. The van der Waals surface area contributed by atoms with Gasteiger partial charge in [0.15, 0.2) is 0 Å². The molecule has 20 heavy (non-hydrogen) atoms.